The first kappa shape index (κ1) is 16.7. The molecule has 0 amide bonds. The van der Waals surface area contributed by atoms with E-state index in [0.717, 1.165) is 12.1 Å². The van der Waals surface area contributed by atoms with Crippen LogP contribution < -0.4 is 5.73 Å². The smallest absolute Gasteiger partial charge is 0.356 e. The van der Waals surface area contributed by atoms with Crippen LogP contribution in [0.15, 0.2) is 18.2 Å². The molecule has 0 aliphatic rings. The lowest BCUT2D eigenvalue weighted by molar-refractivity contribution is -0.324. The zero-order valence-electron chi connectivity index (χ0n) is 9.85. The number of benzene rings is 1. The normalized spacial score (nSPS) is 13.1. The molecule has 0 saturated heterocycles. The Hall–Kier alpha value is -1.35. The summed E-state index contributed by atoms with van der Waals surface area (Å²) in [6.07, 6.45) is -15.1. The van der Waals surface area contributed by atoms with E-state index >= 15 is 0 Å². The summed E-state index contributed by atoms with van der Waals surface area (Å²) in [5.41, 5.74) is 5.29. The summed E-state index contributed by atoms with van der Waals surface area (Å²) >= 11 is 0. The second kappa shape index (κ2) is 5.96. The molecule has 2 nitrogen and oxygen atoms in total. The lowest BCUT2D eigenvalue weighted by Gasteiger charge is -2.23. The molecule has 20 heavy (non-hydrogen) atoms. The van der Waals surface area contributed by atoms with E-state index in [9.17, 15) is 30.7 Å². The van der Waals surface area contributed by atoms with Crippen LogP contribution >= 0.6 is 0 Å². The maximum atomic E-state index is 13.1. The molecule has 0 radical (unpaired) electrons. The number of ether oxygens (including phenoxy) is 1. The summed E-state index contributed by atoms with van der Waals surface area (Å²) in [4.78, 5) is 0. The largest absolute Gasteiger partial charge is 0.423 e. The molecule has 0 atom stereocenters. The van der Waals surface area contributed by atoms with Crippen LogP contribution in [0, 0.1) is 5.82 Å². The zero-order valence-corrected chi connectivity index (χ0v) is 9.85. The van der Waals surface area contributed by atoms with E-state index in [4.69, 9.17) is 5.73 Å². The molecule has 0 unspecified atom stereocenters. The van der Waals surface area contributed by atoms with Gasteiger partial charge in [-0.3, -0.25) is 0 Å². The van der Waals surface area contributed by atoms with Gasteiger partial charge >= 0.3 is 12.4 Å². The minimum absolute atomic E-state index is 0.104. The molecule has 0 saturated carbocycles. The summed E-state index contributed by atoms with van der Waals surface area (Å²) in [5, 5.41) is 0. The van der Waals surface area contributed by atoms with Gasteiger partial charge in [0.05, 0.1) is 6.61 Å². The predicted molar refractivity (Wildman–Crippen MR) is 55.0 cm³/mol. The van der Waals surface area contributed by atoms with E-state index in [1.165, 1.54) is 6.07 Å². The van der Waals surface area contributed by atoms with Crippen molar-refractivity contribution in [2.75, 3.05) is 0 Å². The summed E-state index contributed by atoms with van der Waals surface area (Å²) < 4.78 is 90.1. The molecule has 114 valence electrons. The Kier molecular flexibility index (Phi) is 4.98. The molecule has 0 bridgehead atoms. The van der Waals surface area contributed by atoms with Crippen molar-refractivity contribution in [3.8, 4) is 0 Å². The minimum atomic E-state index is -5.59. The van der Waals surface area contributed by atoms with Crippen molar-refractivity contribution in [3.63, 3.8) is 0 Å². The molecule has 0 spiro atoms. The molecule has 2 N–H and O–H groups in total. The van der Waals surface area contributed by atoms with E-state index in [0.29, 0.717) is 0 Å². The van der Waals surface area contributed by atoms with E-state index in [1.807, 2.05) is 0 Å². The Morgan fingerprint density at radius 2 is 1.45 bits per heavy atom. The molecule has 0 fully saturated rings. The van der Waals surface area contributed by atoms with Crippen molar-refractivity contribution in [1.82, 2.24) is 0 Å². The molecule has 0 aliphatic heterocycles. The number of nitrogens with two attached hydrogens (primary N) is 1. The van der Waals surface area contributed by atoms with Crippen LogP contribution in [0.5, 0.6) is 0 Å². The highest BCUT2D eigenvalue weighted by Gasteiger charge is 2.57. The minimum Gasteiger partial charge on any atom is -0.356 e. The molecule has 0 aromatic heterocycles. The van der Waals surface area contributed by atoms with Crippen molar-refractivity contribution >= 4 is 0 Å². The van der Waals surface area contributed by atoms with Gasteiger partial charge in [0.2, 0.25) is 6.10 Å². The van der Waals surface area contributed by atoms with E-state index in [2.05, 4.69) is 4.74 Å². The van der Waals surface area contributed by atoms with Crippen LogP contribution in [0.3, 0.4) is 0 Å². The van der Waals surface area contributed by atoms with Crippen molar-refractivity contribution < 1.29 is 35.5 Å². The maximum absolute atomic E-state index is 13.1. The highest BCUT2D eigenvalue weighted by Crippen LogP contribution is 2.36. The van der Waals surface area contributed by atoms with Crippen molar-refractivity contribution in [2.24, 2.45) is 5.73 Å². The summed E-state index contributed by atoms with van der Waals surface area (Å²) in [6.45, 7) is -1.14. The number of alkyl halides is 6. The molecule has 1 rings (SSSR count). The highest BCUT2D eigenvalue weighted by molar-refractivity contribution is 5.24. The molecule has 0 heterocycles. The Morgan fingerprint density at radius 3 is 1.90 bits per heavy atom. The van der Waals surface area contributed by atoms with Crippen LogP contribution in [0.1, 0.15) is 11.1 Å². The Bertz CT molecular complexity index is 441. The Morgan fingerprint density at radius 1 is 0.950 bits per heavy atom. The van der Waals surface area contributed by atoms with Crippen LogP contribution in [0.4, 0.5) is 30.7 Å². The van der Waals surface area contributed by atoms with E-state index < -0.39 is 30.9 Å². The van der Waals surface area contributed by atoms with Crippen LogP contribution in [-0.4, -0.2) is 18.5 Å². The second-order valence-corrected chi connectivity index (χ2v) is 3.95. The Labute approximate surface area is 109 Å². The topological polar surface area (TPSA) is 35.2 Å². The lowest BCUT2D eigenvalue weighted by atomic mass is 10.1. The van der Waals surface area contributed by atoms with Gasteiger partial charge in [-0.05, 0) is 23.3 Å². The van der Waals surface area contributed by atoms with Gasteiger partial charge in [-0.15, -0.1) is 0 Å². The molecular weight excluding hydrogens is 295 g/mol. The average molecular weight is 305 g/mol. The first-order valence-electron chi connectivity index (χ1n) is 5.27. The predicted octanol–water partition coefficient (Wildman–Crippen LogP) is 3.29. The third-order valence-electron chi connectivity index (χ3n) is 2.26. The molecule has 0 aliphatic carbocycles. The fraction of sp³-hybridized carbons (Fsp3) is 0.455. The standard InChI is InChI=1S/C11H10F7NO/c12-8-2-6(4-19)1-7(3-8)5-20-9(10(13,14)15)11(16,17)18/h1-3,9H,4-5,19H2. The fourth-order valence-electron chi connectivity index (χ4n) is 1.47. The SMILES string of the molecule is NCc1cc(F)cc(COC(C(F)(F)F)C(F)(F)F)c1. The van der Waals surface area contributed by atoms with Crippen LogP contribution in [0.25, 0.3) is 0 Å². The van der Waals surface area contributed by atoms with Crippen LogP contribution in [0.2, 0.25) is 0 Å². The first-order valence-corrected chi connectivity index (χ1v) is 5.27. The summed E-state index contributed by atoms with van der Waals surface area (Å²) in [5.74, 6) is -0.817. The monoisotopic (exact) mass is 305 g/mol. The average Bonchev–Trinajstić information content (AvgIpc) is 2.24. The van der Waals surface area contributed by atoms with Gasteiger partial charge in [-0.25, -0.2) is 4.39 Å². The van der Waals surface area contributed by atoms with E-state index in [1.54, 1.807) is 0 Å². The highest BCUT2D eigenvalue weighted by atomic mass is 19.4. The van der Waals surface area contributed by atoms with Gasteiger partial charge in [-0.2, -0.15) is 26.3 Å². The molecule has 1 aromatic rings. The molecule has 9 heteroatoms. The second-order valence-electron chi connectivity index (χ2n) is 3.95. The number of hydrogen-bond donors (Lipinski definition) is 1. The van der Waals surface area contributed by atoms with E-state index in [-0.39, 0.29) is 17.7 Å². The molecular formula is C11H10F7NO. The summed E-state index contributed by atoms with van der Waals surface area (Å²) in [6, 6.07) is 2.98. The van der Waals surface area contributed by atoms with Gasteiger partial charge in [0.1, 0.15) is 5.82 Å². The van der Waals surface area contributed by atoms with Gasteiger partial charge < -0.3 is 10.5 Å². The number of hydrogen-bond acceptors (Lipinski definition) is 2. The van der Waals surface area contributed by atoms with Gasteiger partial charge in [0.15, 0.2) is 0 Å². The van der Waals surface area contributed by atoms with Crippen molar-refractivity contribution in [1.29, 1.82) is 0 Å². The first-order chi connectivity index (χ1) is 9.04. The lowest BCUT2D eigenvalue weighted by Crippen LogP contribution is -2.44. The fourth-order valence-corrected chi connectivity index (χ4v) is 1.47. The summed E-state index contributed by atoms with van der Waals surface area (Å²) in [7, 11) is 0. The third kappa shape index (κ3) is 4.64. The number of halogens is 7. The molecule has 1 aromatic carbocycles. The Balaban J connectivity index is 2.86. The number of rotatable bonds is 4. The van der Waals surface area contributed by atoms with Gasteiger partial charge in [0.25, 0.3) is 0 Å². The third-order valence-corrected chi connectivity index (χ3v) is 2.26. The van der Waals surface area contributed by atoms with Crippen LogP contribution in [-0.2, 0) is 17.9 Å². The van der Waals surface area contributed by atoms with Gasteiger partial charge in [-0.1, -0.05) is 6.07 Å². The zero-order chi connectivity index (χ0) is 15.6. The van der Waals surface area contributed by atoms with Gasteiger partial charge in [0, 0.05) is 6.54 Å². The van der Waals surface area contributed by atoms with Crippen molar-refractivity contribution in [3.05, 3.63) is 35.1 Å². The quantitative estimate of drug-likeness (QED) is 0.866. The maximum Gasteiger partial charge on any atom is 0.423 e. The van der Waals surface area contributed by atoms with Crippen molar-refractivity contribution in [2.45, 2.75) is 31.6 Å².